The van der Waals surface area contributed by atoms with Crippen LogP contribution in [0.4, 0.5) is 8.78 Å². The van der Waals surface area contributed by atoms with E-state index in [-0.39, 0.29) is 18.8 Å². The van der Waals surface area contributed by atoms with Crippen LogP contribution in [0.3, 0.4) is 0 Å². The molecule has 7 nitrogen and oxygen atoms in total. The highest BCUT2D eigenvalue weighted by Gasteiger charge is 2.34. The van der Waals surface area contributed by atoms with E-state index in [1.54, 1.807) is 25.2 Å². The largest absolute Gasteiger partial charge is 0.488 e. The van der Waals surface area contributed by atoms with Crippen LogP contribution in [0.5, 0.6) is 5.75 Å². The molecule has 1 aliphatic heterocycles. The van der Waals surface area contributed by atoms with Crippen molar-refractivity contribution in [2.45, 2.75) is 12.8 Å². The maximum absolute atomic E-state index is 14.2. The molecule has 0 N–H and O–H groups in total. The summed E-state index contributed by atoms with van der Waals surface area (Å²) >= 11 is 6.10. The lowest BCUT2D eigenvalue weighted by Crippen LogP contribution is -2.39. The first-order valence-corrected chi connectivity index (χ1v) is 9.53. The number of hydrogen-bond donors (Lipinski definition) is 0. The number of fused-ring (bicyclic) bond motifs is 3. The first kappa shape index (κ1) is 20.2. The maximum atomic E-state index is 14.2. The molecule has 2 heterocycles. The second-order valence-electron chi connectivity index (χ2n) is 7.01. The van der Waals surface area contributed by atoms with E-state index in [1.165, 1.54) is 16.8 Å². The van der Waals surface area contributed by atoms with Crippen molar-refractivity contribution >= 4 is 17.5 Å². The number of ether oxygens (including phenoxy) is 1. The molecule has 4 rings (SSSR count). The highest BCUT2D eigenvalue weighted by molar-refractivity contribution is 6.31. The number of halogens is 3. The van der Waals surface area contributed by atoms with Gasteiger partial charge in [0.15, 0.2) is 12.4 Å². The van der Waals surface area contributed by atoms with Gasteiger partial charge in [-0.2, -0.15) is 5.10 Å². The summed E-state index contributed by atoms with van der Waals surface area (Å²) in [6, 6.07) is 5.13. The Morgan fingerprint density at radius 1 is 1.47 bits per heavy atom. The summed E-state index contributed by atoms with van der Waals surface area (Å²) in [4.78, 5) is 25.1. The SMILES string of the molecule is Cn1nc(C(=O)N(CN=O)CC2C(F)=CC=CC2F)c2c1-c1cc(Cl)ccc1OC2. The molecule has 0 bridgehead atoms. The number of nitroso groups, excluding NO2 is 1. The zero-order valence-corrected chi connectivity index (χ0v) is 16.6. The first-order chi connectivity index (χ1) is 14.4. The van der Waals surface area contributed by atoms with Gasteiger partial charge in [0.1, 0.15) is 24.4 Å². The standard InChI is InChI=1S/C20H17ClF2N4O3/c1-26-19-12-7-11(21)5-6-17(12)30-9-14(19)18(25-26)20(28)27(10-24-29)8-13-15(22)3-2-4-16(13)23/h2-7,13,15H,8-10H2,1H3. The molecule has 1 amide bonds. The predicted molar refractivity (Wildman–Crippen MR) is 106 cm³/mol. The minimum absolute atomic E-state index is 0.0351. The molecule has 0 saturated carbocycles. The van der Waals surface area contributed by atoms with Gasteiger partial charge in [-0.25, -0.2) is 8.78 Å². The number of carbonyl (C=O) groups excluding carboxylic acids is 1. The third kappa shape index (κ3) is 3.49. The lowest BCUT2D eigenvalue weighted by molar-refractivity contribution is 0.0705. The molecular weight excluding hydrogens is 418 g/mol. The lowest BCUT2D eigenvalue weighted by atomic mass is 9.96. The summed E-state index contributed by atoms with van der Waals surface area (Å²) in [6.07, 6.45) is 1.99. The van der Waals surface area contributed by atoms with Crippen molar-refractivity contribution in [1.29, 1.82) is 0 Å². The Labute approximate surface area is 175 Å². The second-order valence-corrected chi connectivity index (χ2v) is 7.45. The van der Waals surface area contributed by atoms with Crippen molar-refractivity contribution < 1.29 is 18.3 Å². The highest BCUT2D eigenvalue weighted by Crippen LogP contribution is 2.40. The number of hydrogen-bond acceptors (Lipinski definition) is 5. The van der Waals surface area contributed by atoms with Crippen LogP contribution in [0, 0.1) is 10.8 Å². The summed E-state index contributed by atoms with van der Waals surface area (Å²) in [6.45, 7) is -0.839. The molecule has 1 aromatic carbocycles. The number of allylic oxidation sites excluding steroid dienone is 3. The van der Waals surface area contributed by atoms with E-state index in [0.29, 0.717) is 27.6 Å². The molecule has 0 saturated heterocycles. The average Bonchev–Trinajstić information content (AvgIpc) is 3.06. The predicted octanol–water partition coefficient (Wildman–Crippen LogP) is 4.18. The third-order valence-corrected chi connectivity index (χ3v) is 5.37. The Morgan fingerprint density at radius 2 is 2.27 bits per heavy atom. The van der Waals surface area contributed by atoms with E-state index in [4.69, 9.17) is 16.3 Å². The number of rotatable bonds is 5. The number of benzene rings is 1. The molecule has 1 aliphatic carbocycles. The van der Waals surface area contributed by atoms with Gasteiger partial charge in [-0.3, -0.25) is 9.48 Å². The Balaban J connectivity index is 1.69. The molecular formula is C20H17ClF2N4O3. The second kappa shape index (κ2) is 7.98. The number of alkyl halides is 1. The minimum Gasteiger partial charge on any atom is -0.488 e. The van der Waals surface area contributed by atoms with Crippen LogP contribution in [0.15, 0.2) is 47.4 Å². The van der Waals surface area contributed by atoms with Crippen LogP contribution < -0.4 is 4.74 Å². The summed E-state index contributed by atoms with van der Waals surface area (Å²) in [5.41, 5.74) is 1.86. The van der Waals surface area contributed by atoms with Gasteiger partial charge in [-0.05, 0) is 35.5 Å². The Kier molecular flexibility index (Phi) is 5.38. The number of aryl methyl sites for hydroxylation is 1. The van der Waals surface area contributed by atoms with Gasteiger partial charge in [-0.15, -0.1) is 4.91 Å². The zero-order chi connectivity index (χ0) is 21.4. The topological polar surface area (TPSA) is 76.8 Å². The fraction of sp³-hybridized carbons (Fsp3) is 0.300. The molecule has 30 heavy (non-hydrogen) atoms. The number of amides is 1. The molecule has 2 atom stereocenters. The van der Waals surface area contributed by atoms with E-state index in [0.717, 1.165) is 11.0 Å². The molecule has 1 aromatic heterocycles. The van der Waals surface area contributed by atoms with Gasteiger partial charge in [0.05, 0.1) is 11.6 Å². The van der Waals surface area contributed by atoms with Crippen LogP contribution in [-0.2, 0) is 13.7 Å². The van der Waals surface area contributed by atoms with E-state index < -0.39 is 30.5 Å². The van der Waals surface area contributed by atoms with Gasteiger partial charge >= 0.3 is 0 Å². The molecule has 10 heteroatoms. The number of nitrogens with zero attached hydrogens (tertiary/aromatic N) is 4. The van der Waals surface area contributed by atoms with Crippen LogP contribution in [0.2, 0.25) is 5.02 Å². The molecule has 2 unspecified atom stereocenters. The average molecular weight is 435 g/mol. The Morgan fingerprint density at radius 3 is 3.00 bits per heavy atom. The van der Waals surface area contributed by atoms with Gasteiger partial charge in [-0.1, -0.05) is 17.7 Å². The van der Waals surface area contributed by atoms with E-state index >= 15 is 0 Å². The van der Waals surface area contributed by atoms with E-state index in [9.17, 15) is 18.5 Å². The highest BCUT2D eigenvalue weighted by atomic mass is 35.5. The van der Waals surface area contributed by atoms with E-state index in [2.05, 4.69) is 10.3 Å². The summed E-state index contributed by atoms with van der Waals surface area (Å²) in [5, 5.41) is 7.54. The number of aromatic nitrogens is 2. The van der Waals surface area contributed by atoms with Crippen LogP contribution in [-0.4, -0.2) is 40.0 Å². The quantitative estimate of drug-likeness (QED) is 0.661. The summed E-state index contributed by atoms with van der Waals surface area (Å²) < 4.78 is 35.5. The molecule has 156 valence electrons. The van der Waals surface area contributed by atoms with Crippen LogP contribution >= 0.6 is 11.6 Å². The van der Waals surface area contributed by atoms with Crippen molar-refractivity contribution in [2.75, 3.05) is 13.2 Å². The molecule has 2 aliphatic rings. The van der Waals surface area contributed by atoms with Gasteiger partial charge in [0.25, 0.3) is 5.91 Å². The Bertz CT molecular complexity index is 1080. The molecule has 2 aromatic rings. The lowest BCUT2D eigenvalue weighted by Gasteiger charge is -2.27. The molecule has 0 fully saturated rings. The summed E-state index contributed by atoms with van der Waals surface area (Å²) in [7, 11) is 1.67. The third-order valence-electron chi connectivity index (χ3n) is 5.14. The van der Waals surface area contributed by atoms with Gasteiger partial charge in [0, 0.05) is 29.7 Å². The van der Waals surface area contributed by atoms with Crippen LogP contribution in [0.1, 0.15) is 16.1 Å². The van der Waals surface area contributed by atoms with Crippen molar-refractivity contribution in [1.82, 2.24) is 14.7 Å². The van der Waals surface area contributed by atoms with E-state index in [1.807, 2.05) is 0 Å². The smallest absolute Gasteiger partial charge is 0.276 e. The molecule has 0 spiro atoms. The van der Waals surface area contributed by atoms with Crippen molar-refractivity contribution in [3.63, 3.8) is 0 Å². The zero-order valence-electron chi connectivity index (χ0n) is 15.9. The number of carbonyl (C=O) groups is 1. The summed E-state index contributed by atoms with van der Waals surface area (Å²) in [5.74, 6) is -1.98. The van der Waals surface area contributed by atoms with Crippen molar-refractivity contribution in [3.8, 4) is 17.0 Å². The molecule has 0 radical (unpaired) electrons. The monoisotopic (exact) mass is 434 g/mol. The first-order valence-electron chi connectivity index (χ1n) is 9.15. The fourth-order valence-electron chi connectivity index (χ4n) is 3.69. The van der Waals surface area contributed by atoms with Gasteiger partial charge in [0.2, 0.25) is 0 Å². The van der Waals surface area contributed by atoms with Gasteiger partial charge < -0.3 is 9.64 Å². The fourth-order valence-corrected chi connectivity index (χ4v) is 3.86. The normalized spacial score (nSPS) is 19.4. The van der Waals surface area contributed by atoms with Crippen molar-refractivity contribution in [3.05, 3.63) is 63.4 Å². The maximum Gasteiger partial charge on any atom is 0.276 e. The van der Waals surface area contributed by atoms with Crippen molar-refractivity contribution in [2.24, 2.45) is 18.1 Å². The Hall–Kier alpha value is -3.07. The van der Waals surface area contributed by atoms with Crippen LogP contribution in [0.25, 0.3) is 11.3 Å². The minimum atomic E-state index is -1.62.